The Kier molecular flexibility index (Phi) is 6.93. The average Bonchev–Trinajstić information content (AvgIpc) is 3.10. The molecule has 0 radical (unpaired) electrons. The summed E-state index contributed by atoms with van der Waals surface area (Å²) in [4.78, 5) is 28.4. The van der Waals surface area contributed by atoms with Gasteiger partial charge in [-0.1, -0.05) is 23.7 Å². The number of benzene rings is 2. The minimum absolute atomic E-state index is 0.00549. The first-order valence-corrected chi connectivity index (χ1v) is 13.1. The molecule has 198 valence electrons. The van der Waals surface area contributed by atoms with E-state index in [2.05, 4.69) is 20.6 Å². The number of piperazine rings is 1. The third-order valence-corrected chi connectivity index (χ3v) is 7.22. The first-order valence-electron chi connectivity index (χ1n) is 12.8. The molecule has 1 saturated heterocycles. The number of rotatable bonds is 4. The molecule has 1 aromatic heterocycles. The van der Waals surface area contributed by atoms with Gasteiger partial charge in [0.05, 0.1) is 18.0 Å². The number of nitrogens with zero attached hydrogens (tertiary/aromatic N) is 4. The highest BCUT2D eigenvalue weighted by molar-refractivity contribution is 6.31. The topological polar surface area (TPSA) is 82.5 Å². The molecular weight excluding hydrogens is 522 g/mol. The molecule has 1 amide bonds. The molecule has 2 N–H and O–H groups in total. The number of aromatic nitrogens is 2. The number of anilines is 2. The van der Waals surface area contributed by atoms with E-state index in [1.54, 1.807) is 36.5 Å². The molecule has 2 aliphatic heterocycles. The smallest absolute Gasteiger partial charge is 0.253 e. The van der Waals surface area contributed by atoms with E-state index in [1.165, 1.54) is 12.2 Å². The normalized spacial score (nSPS) is 18.7. The van der Waals surface area contributed by atoms with Gasteiger partial charge in [0.1, 0.15) is 12.0 Å². The van der Waals surface area contributed by atoms with Crippen LogP contribution in [0.3, 0.4) is 0 Å². The second kappa shape index (κ2) is 10.7. The number of aliphatic imine (C=N–C) groups is 1. The van der Waals surface area contributed by atoms with E-state index in [9.17, 15) is 13.6 Å². The van der Waals surface area contributed by atoms with Crippen molar-refractivity contribution < 1.29 is 13.6 Å². The van der Waals surface area contributed by atoms with Crippen LogP contribution in [0.5, 0.6) is 0 Å². The molecule has 6 rings (SSSR count). The molecule has 0 saturated carbocycles. The van der Waals surface area contributed by atoms with Gasteiger partial charge < -0.3 is 15.5 Å². The quantitative estimate of drug-likeness (QED) is 0.457. The number of nitrogens with one attached hydrogen (secondary N) is 2. The number of hydrogen-bond acceptors (Lipinski definition) is 6. The number of carbonyl (C=O) groups is 1. The van der Waals surface area contributed by atoms with Crippen molar-refractivity contribution in [1.82, 2.24) is 20.2 Å². The maximum absolute atomic E-state index is 14.9. The Bertz CT molecular complexity index is 1530. The number of allylic oxidation sites excluding steroid dienone is 4. The first kappa shape index (κ1) is 25.3. The van der Waals surface area contributed by atoms with Crippen molar-refractivity contribution in [2.24, 2.45) is 4.99 Å². The molecule has 3 heterocycles. The van der Waals surface area contributed by atoms with Gasteiger partial charge in [0.25, 0.3) is 5.91 Å². The van der Waals surface area contributed by atoms with Crippen LogP contribution in [0.2, 0.25) is 5.02 Å². The van der Waals surface area contributed by atoms with Crippen molar-refractivity contribution >= 4 is 34.9 Å². The predicted molar refractivity (Wildman–Crippen MR) is 148 cm³/mol. The lowest BCUT2D eigenvalue weighted by Gasteiger charge is -2.27. The lowest BCUT2D eigenvalue weighted by molar-refractivity contribution is 0.0736. The molecule has 39 heavy (non-hydrogen) atoms. The van der Waals surface area contributed by atoms with Gasteiger partial charge in [0.15, 0.2) is 0 Å². The minimum atomic E-state index is -1.51. The Balaban J connectivity index is 1.30. The average molecular weight is 547 g/mol. The molecule has 10 heteroatoms. The molecule has 1 aliphatic carbocycles. The molecule has 1 atom stereocenters. The Labute approximate surface area is 229 Å². The zero-order chi connectivity index (χ0) is 26.9. The Morgan fingerprint density at radius 1 is 1.10 bits per heavy atom. The molecule has 3 aromatic rings. The summed E-state index contributed by atoms with van der Waals surface area (Å²) in [5.74, 6) is -0.295. The monoisotopic (exact) mass is 546 g/mol. The fourth-order valence-electron chi connectivity index (χ4n) is 5.00. The van der Waals surface area contributed by atoms with Crippen LogP contribution >= 0.6 is 11.6 Å². The van der Waals surface area contributed by atoms with Gasteiger partial charge in [-0.3, -0.25) is 9.79 Å². The van der Waals surface area contributed by atoms with E-state index in [1.807, 2.05) is 17.0 Å². The van der Waals surface area contributed by atoms with E-state index in [0.29, 0.717) is 46.4 Å². The predicted octanol–water partition coefficient (Wildman–Crippen LogP) is 5.41. The number of amides is 1. The second-order valence-electron chi connectivity index (χ2n) is 9.53. The standard InChI is InChI=1S/C29H25ClF2N6O/c30-19-6-9-21-22(14-19)27(25-23(31)2-1-3-24(25)32)34-15-18-16-35-29(37-26(18)21)36-20-7-4-17(5-8-20)28(39)38-12-10-33-11-13-38/h1-2,4-9,14,16,24,33H,3,10-13,15H2,(H,35,36,37). The minimum Gasteiger partial charge on any atom is -0.336 e. The number of carbonyl (C=O) groups excluding carboxylic acids is 1. The number of fused-ring (bicyclic) bond motifs is 3. The van der Waals surface area contributed by atoms with Gasteiger partial charge in [-0.25, -0.2) is 18.7 Å². The summed E-state index contributed by atoms with van der Waals surface area (Å²) in [5, 5.41) is 6.86. The Hall–Kier alpha value is -3.95. The molecule has 0 spiro atoms. The third-order valence-electron chi connectivity index (χ3n) is 6.99. The van der Waals surface area contributed by atoms with Crippen molar-refractivity contribution in [2.75, 3.05) is 31.5 Å². The summed E-state index contributed by atoms with van der Waals surface area (Å²) < 4.78 is 29.7. The number of hydrogen-bond donors (Lipinski definition) is 2. The molecular formula is C29H25ClF2N6O. The molecule has 0 bridgehead atoms. The zero-order valence-electron chi connectivity index (χ0n) is 20.9. The first-order chi connectivity index (χ1) is 19.0. The Morgan fingerprint density at radius 3 is 2.67 bits per heavy atom. The van der Waals surface area contributed by atoms with Crippen LogP contribution in [0.15, 0.2) is 77.2 Å². The van der Waals surface area contributed by atoms with Gasteiger partial charge >= 0.3 is 0 Å². The van der Waals surface area contributed by atoms with Crippen molar-refractivity contribution in [1.29, 1.82) is 0 Å². The lowest BCUT2D eigenvalue weighted by atomic mass is 9.90. The zero-order valence-corrected chi connectivity index (χ0v) is 21.7. The van der Waals surface area contributed by atoms with Crippen LogP contribution in [-0.2, 0) is 6.54 Å². The van der Waals surface area contributed by atoms with Crippen molar-refractivity contribution in [3.63, 3.8) is 0 Å². The van der Waals surface area contributed by atoms with E-state index in [-0.39, 0.29) is 30.2 Å². The van der Waals surface area contributed by atoms with Crippen molar-refractivity contribution in [3.05, 3.63) is 93.9 Å². The van der Waals surface area contributed by atoms with Crippen LogP contribution < -0.4 is 10.6 Å². The molecule has 7 nitrogen and oxygen atoms in total. The van der Waals surface area contributed by atoms with E-state index >= 15 is 0 Å². The Morgan fingerprint density at radius 2 is 1.90 bits per heavy atom. The molecule has 1 unspecified atom stereocenters. The molecule has 2 aromatic carbocycles. The van der Waals surface area contributed by atoms with Crippen LogP contribution in [-0.4, -0.2) is 58.8 Å². The maximum atomic E-state index is 14.9. The third kappa shape index (κ3) is 5.07. The fourth-order valence-corrected chi connectivity index (χ4v) is 5.17. The van der Waals surface area contributed by atoms with Crippen LogP contribution in [0, 0.1) is 0 Å². The van der Waals surface area contributed by atoms with Gasteiger partial charge in [0.2, 0.25) is 5.95 Å². The van der Waals surface area contributed by atoms with E-state index < -0.39 is 12.0 Å². The van der Waals surface area contributed by atoms with Crippen LogP contribution in [0.1, 0.15) is 27.9 Å². The van der Waals surface area contributed by atoms with Crippen LogP contribution in [0.25, 0.3) is 11.3 Å². The summed E-state index contributed by atoms with van der Waals surface area (Å²) >= 11 is 6.31. The summed E-state index contributed by atoms with van der Waals surface area (Å²) in [6.07, 6.45) is 2.99. The lowest BCUT2D eigenvalue weighted by Crippen LogP contribution is -2.46. The summed E-state index contributed by atoms with van der Waals surface area (Å²) in [6.45, 7) is 3.12. The van der Waals surface area contributed by atoms with Gasteiger partial charge in [0, 0.05) is 77.3 Å². The highest BCUT2D eigenvalue weighted by Crippen LogP contribution is 2.37. The van der Waals surface area contributed by atoms with Crippen molar-refractivity contribution in [3.8, 4) is 11.3 Å². The maximum Gasteiger partial charge on any atom is 0.253 e. The van der Waals surface area contributed by atoms with Gasteiger partial charge in [-0.2, -0.15) is 0 Å². The summed E-state index contributed by atoms with van der Waals surface area (Å²) in [6, 6.07) is 12.4. The van der Waals surface area contributed by atoms with Gasteiger partial charge in [-0.15, -0.1) is 0 Å². The summed E-state index contributed by atoms with van der Waals surface area (Å²) in [7, 11) is 0. The molecule has 3 aliphatic rings. The SMILES string of the molecule is O=C(c1ccc(Nc2ncc3c(n2)-c2ccc(Cl)cc2C(C2=C(F)C=CCC2F)=NC3)cc1)N1CCNCC1. The molecule has 1 fully saturated rings. The fraction of sp³-hybridized carbons (Fsp3) is 0.241. The number of alkyl halides is 1. The van der Waals surface area contributed by atoms with Gasteiger partial charge in [-0.05, 0) is 42.5 Å². The van der Waals surface area contributed by atoms with Crippen molar-refractivity contribution in [2.45, 2.75) is 19.1 Å². The summed E-state index contributed by atoms with van der Waals surface area (Å²) in [5.41, 5.74) is 4.00. The number of halogens is 3. The van der Waals surface area contributed by atoms with Crippen LogP contribution in [0.4, 0.5) is 20.4 Å². The second-order valence-corrected chi connectivity index (χ2v) is 9.97. The highest BCUT2D eigenvalue weighted by atomic mass is 35.5. The van der Waals surface area contributed by atoms with E-state index in [0.717, 1.165) is 24.3 Å². The highest BCUT2D eigenvalue weighted by Gasteiger charge is 2.30. The largest absolute Gasteiger partial charge is 0.336 e. The van der Waals surface area contributed by atoms with E-state index in [4.69, 9.17) is 16.6 Å².